The molecule has 5 rings (SSSR count). The van der Waals surface area contributed by atoms with Gasteiger partial charge >= 0.3 is 5.97 Å². The zero-order valence-corrected chi connectivity index (χ0v) is 34.0. The second kappa shape index (κ2) is 13.9. The average Bonchev–Trinajstić information content (AvgIpc) is 3.11. The Hall–Kier alpha value is -1.71. The lowest BCUT2D eigenvalue weighted by Gasteiger charge is -2.68. The largest absolute Gasteiger partial charge is 0.455 e. The molecule has 1 saturated heterocycles. The molecule has 1 aromatic rings. The number of fused-ring (bicyclic) bond motifs is 5. The first-order valence-corrected chi connectivity index (χ1v) is 24.1. The van der Waals surface area contributed by atoms with E-state index in [1.807, 2.05) is 26.8 Å². The molecule has 0 spiro atoms. The van der Waals surface area contributed by atoms with Gasteiger partial charge in [0.15, 0.2) is 22.4 Å². The molecule has 1 aromatic carbocycles. The lowest BCUT2D eigenvalue weighted by Crippen LogP contribution is -2.81. The van der Waals surface area contributed by atoms with Crippen molar-refractivity contribution in [1.82, 2.24) is 0 Å². The van der Waals surface area contributed by atoms with Gasteiger partial charge in [0.1, 0.15) is 23.4 Å². The van der Waals surface area contributed by atoms with E-state index in [-0.39, 0.29) is 19.4 Å². The normalized spacial score (nSPS) is 36.9. The van der Waals surface area contributed by atoms with Crippen LogP contribution in [0.15, 0.2) is 41.5 Å². The van der Waals surface area contributed by atoms with Crippen molar-refractivity contribution >= 4 is 28.4 Å². The maximum absolute atomic E-state index is 15.4. The Kier molecular flexibility index (Phi) is 11.0. The van der Waals surface area contributed by atoms with Crippen molar-refractivity contribution in [3.05, 3.63) is 47.0 Å². The smallest absolute Gasteiger partial charge is 0.338 e. The SMILES string of the molecule is CC[Si](CC)(CC)O[C@H]1C[C@@]2(O)[C@@H](OC(=O)c3ccccc3)C3[C@]4(O)CO[C@@H]4C[C@H](O[Si](CC)(CC)CC)[C@@]3(C)C(=O)[C@H](O)C(=C1C)C2(C)C. The van der Waals surface area contributed by atoms with Gasteiger partial charge in [0.05, 0.1) is 35.9 Å². The number of ketones is 1. The highest BCUT2D eigenvalue weighted by Crippen LogP contribution is 2.64. The standard InChI is InChI=1S/C39H62O9Si2/c1-11-49(12-2,13-3)47-27-23-39(44)34(46-35(42)26-20-18-17-19-21-26)32-37(10,33(41)31(40)30(25(27)7)36(39,8)9)28(22-29-38(32,43)24-45-29)48-50(14-4,15-5)16-6/h17-21,27-29,31-32,34,40,43-44H,11-16,22-24H2,1-10H3/t27-,28-,29+,31+,32?,34-,37+,38-,39+/m0/s1. The molecule has 50 heavy (non-hydrogen) atoms. The molecule has 1 unspecified atom stereocenters. The third-order valence-electron chi connectivity index (χ3n) is 14.2. The fraction of sp³-hybridized carbons (Fsp3) is 0.744. The minimum absolute atomic E-state index is 0.0645. The van der Waals surface area contributed by atoms with Crippen LogP contribution in [0.25, 0.3) is 0 Å². The molecule has 2 bridgehead atoms. The van der Waals surface area contributed by atoms with E-state index >= 15 is 4.79 Å². The van der Waals surface area contributed by atoms with E-state index in [2.05, 4.69) is 41.5 Å². The van der Waals surface area contributed by atoms with Crippen LogP contribution in [-0.4, -0.2) is 92.0 Å². The third-order valence-corrected chi connectivity index (χ3v) is 23.5. The number of ether oxygens (including phenoxy) is 2. The Bertz CT molecular complexity index is 1440. The van der Waals surface area contributed by atoms with Crippen LogP contribution in [0.3, 0.4) is 0 Å². The molecule has 3 fully saturated rings. The van der Waals surface area contributed by atoms with E-state index < -0.39 is 86.9 Å². The molecule has 0 aromatic heterocycles. The number of hydrogen-bond acceptors (Lipinski definition) is 9. The zero-order valence-electron chi connectivity index (χ0n) is 32.0. The summed E-state index contributed by atoms with van der Waals surface area (Å²) < 4.78 is 26.9. The number of Topliss-reactive ketones (excluding diaryl/α,β-unsaturated/α-hetero) is 1. The first-order valence-electron chi connectivity index (χ1n) is 19.1. The van der Waals surface area contributed by atoms with Crippen molar-refractivity contribution in [3.63, 3.8) is 0 Å². The summed E-state index contributed by atoms with van der Waals surface area (Å²) in [7, 11) is -4.66. The van der Waals surface area contributed by atoms with Crippen LogP contribution in [-0.2, 0) is 23.1 Å². The number of benzene rings is 1. The van der Waals surface area contributed by atoms with Crippen molar-refractivity contribution in [2.75, 3.05) is 6.61 Å². The highest BCUT2D eigenvalue weighted by molar-refractivity contribution is 6.74. The first-order chi connectivity index (χ1) is 23.4. The Labute approximate surface area is 301 Å². The summed E-state index contributed by atoms with van der Waals surface area (Å²) in [5.74, 6) is -2.31. The number of aliphatic hydroxyl groups is 3. The predicted molar refractivity (Wildman–Crippen MR) is 198 cm³/mol. The van der Waals surface area contributed by atoms with Gasteiger partial charge in [-0.1, -0.05) is 73.6 Å². The van der Waals surface area contributed by atoms with Gasteiger partial charge in [-0.3, -0.25) is 4.79 Å². The van der Waals surface area contributed by atoms with Crippen molar-refractivity contribution in [1.29, 1.82) is 0 Å². The number of carbonyl (C=O) groups is 2. The van der Waals surface area contributed by atoms with E-state index in [0.717, 1.165) is 41.8 Å². The molecule has 2 saturated carbocycles. The average molecular weight is 731 g/mol. The highest BCUT2D eigenvalue weighted by Gasteiger charge is 2.77. The maximum atomic E-state index is 15.4. The van der Waals surface area contributed by atoms with E-state index in [1.54, 1.807) is 31.2 Å². The number of carbonyl (C=O) groups excluding carboxylic acids is 2. The van der Waals surface area contributed by atoms with Crippen LogP contribution >= 0.6 is 0 Å². The van der Waals surface area contributed by atoms with Crippen LogP contribution in [0.2, 0.25) is 36.3 Å². The molecule has 1 aliphatic heterocycles. The number of aliphatic hydroxyl groups excluding tert-OH is 1. The summed E-state index contributed by atoms with van der Waals surface area (Å²) in [6.45, 7) is 20.0. The number of hydrogen-bond donors (Lipinski definition) is 3. The number of esters is 1. The Morgan fingerprint density at radius 3 is 1.94 bits per heavy atom. The van der Waals surface area contributed by atoms with Gasteiger partial charge in [-0.2, -0.15) is 0 Å². The maximum Gasteiger partial charge on any atom is 0.338 e. The van der Waals surface area contributed by atoms with E-state index in [9.17, 15) is 20.1 Å². The highest BCUT2D eigenvalue weighted by atomic mass is 28.4. The van der Waals surface area contributed by atoms with E-state index in [4.69, 9.17) is 18.3 Å². The molecule has 3 N–H and O–H groups in total. The third kappa shape index (κ3) is 5.77. The topological polar surface area (TPSA) is 132 Å². The van der Waals surface area contributed by atoms with Gasteiger partial charge in [-0.15, -0.1) is 0 Å². The van der Waals surface area contributed by atoms with Gasteiger partial charge < -0.3 is 33.6 Å². The summed E-state index contributed by atoms with van der Waals surface area (Å²) in [5.41, 5.74) is -4.89. The van der Waals surface area contributed by atoms with Crippen molar-refractivity contribution < 1.29 is 43.2 Å². The predicted octanol–water partition coefficient (Wildman–Crippen LogP) is 6.57. The summed E-state index contributed by atoms with van der Waals surface area (Å²) in [5, 5.41) is 38.7. The molecule has 9 nitrogen and oxygen atoms in total. The molecule has 280 valence electrons. The van der Waals surface area contributed by atoms with Gasteiger partial charge in [0.25, 0.3) is 0 Å². The fourth-order valence-electron chi connectivity index (χ4n) is 10.1. The summed E-state index contributed by atoms with van der Waals surface area (Å²) in [6.07, 6.45) is -4.75. The molecular weight excluding hydrogens is 669 g/mol. The van der Waals surface area contributed by atoms with E-state index in [1.165, 1.54) is 0 Å². The van der Waals surface area contributed by atoms with Gasteiger partial charge in [-0.05, 0) is 73.4 Å². The monoisotopic (exact) mass is 730 g/mol. The van der Waals surface area contributed by atoms with Crippen LogP contribution in [0, 0.1) is 16.7 Å². The van der Waals surface area contributed by atoms with Crippen molar-refractivity contribution in [2.24, 2.45) is 16.7 Å². The molecule has 3 aliphatic carbocycles. The Morgan fingerprint density at radius 1 is 0.900 bits per heavy atom. The molecule has 4 aliphatic rings. The van der Waals surface area contributed by atoms with E-state index in [0.29, 0.717) is 11.1 Å². The van der Waals surface area contributed by atoms with Gasteiger partial charge in [0.2, 0.25) is 0 Å². The zero-order chi connectivity index (χ0) is 37.1. The Balaban J connectivity index is 1.81. The Morgan fingerprint density at radius 2 is 1.44 bits per heavy atom. The second-order valence-corrected chi connectivity index (χ2v) is 25.7. The second-order valence-electron chi connectivity index (χ2n) is 16.3. The molecular formula is C39H62O9Si2. The molecule has 9 atom stereocenters. The van der Waals surface area contributed by atoms with Crippen LogP contribution < -0.4 is 0 Å². The molecule has 1 heterocycles. The molecule has 11 heteroatoms. The number of rotatable bonds is 12. The minimum atomic E-state index is -2.38. The molecule has 0 amide bonds. The summed E-state index contributed by atoms with van der Waals surface area (Å²) in [6, 6.07) is 13.7. The summed E-state index contributed by atoms with van der Waals surface area (Å²) in [4.78, 5) is 29.6. The van der Waals surface area contributed by atoms with Crippen molar-refractivity contribution in [3.8, 4) is 0 Å². The van der Waals surface area contributed by atoms with Crippen LogP contribution in [0.1, 0.15) is 92.4 Å². The fourth-order valence-corrected chi connectivity index (χ4v) is 15.9. The minimum Gasteiger partial charge on any atom is -0.455 e. The molecule has 0 radical (unpaired) electrons. The van der Waals surface area contributed by atoms with Gasteiger partial charge in [-0.25, -0.2) is 4.79 Å². The van der Waals surface area contributed by atoms with Crippen LogP contribution in [0.4, 0.5) is 0 Å². The quantitative estimate of drug-likeness (QED) is 0.124. The van der Waals surface area contributed by atoms with Crippen LogP contribution in [0.5, 0.6) is 0 Å². The van der Waals surface area contributed by atoms with Gasteiger partial charge in [0, 0.05) is 24.2 Å². The van der Waals surface area contributed by atoms with Crippen molar-refractivity contribution in [2.45, 2.75) is 160 Å². The first kappa shape index (κ1) is 39.5. The lowest BCUT2D eigenvalue weighted by molar-refractivity contribution is -0.342. The summed E-state index contributed by atoms with van der Waals surface area (Å²) >= 11 is 0. The lowest BCUT2D eigenvalue weighted by atomic mass is 9.45.